The minimum atomic E-state index is -3.64. The van der Waals surface area contributed by atoms with E-state index in [0.29, 0.717) is 12.8 Å². The van der Waals surface area contributed by atoms with Gasteiger partial charge < -0.3 is 19.1 Å². The normalized spacial score (nSPS) is 14.2. The van der Waals surface area contributed by atoms with Gasteiger partial charge in [0, 0.05) is 6.92 Å². The third-order valence-corrected chi connectivity index (χ3v) is 7.90. The minimum Gasteiger partial charge on any atom is -0.460 e. The third-order valence-electron chi connectivity index (χ3n) is 6.47. The molecule has 0 spiro atoms. The first-order valence-electron chi connectivity index (χ1n) is 14.5. The SMILES string of the molecule is CCCCCCCCCCCCCCCCCCCC(COP(=O)(O)CCCN(C)C)OC(C)=O. The van der Waals surface area contributed by atoms with Gasteiger partial charge in [-0.25, -0.2) is 0 Å². The van der Waals surface area contributed by atoms with Crippen LogP contribution in [0.1, 0.15) is 136 Å². The first kappa shape index (κ1) is 34.6. The lowest BCUT2D eigenvalue weighted by atomic mass is 10.0. The lowest BCUT2D eigenvalue weighted by molar-refractivity contribution is -0.148. The summed E-state index contributed by atoms with van der Waals surface area (Å²) in [4.78, 5) is 23.4. The first-order chi connectivity index (χ1) is 16.8. The number of carbonyl (C=O) groups is 1. The molecule has 1 N–H and O–H groups in total. The van der Waals surface area contributed by atoms with E-state index in [-0.39, 0.29) is 18.7 Å². The highest BCUT2D eigenvalue weighted by atomic mass is 31.2. The largest absolute Gasteiger partial charge is 0.460 e. The van der Waals surface area contributed by atoms with Crippen LogP contribution in [0.5, 0.6) is 0 Å². The average molecular weight is 520 g/mol. The maximum Gasteiger partial charge on any atom is 0.328 e. The molecule has 0 aliphatic carbocycles. The van der Waals surface area contributed by atoms with Gasteiger partial charge in [-0.2, -0.15) is 0 Å². The highest BCUT2D eigenvalue weighted by Gasteiger charge is 2.22. The Balaban J connectivity index is 3.68. The second-order valence-corrected chi connectivity index (χ2v) is 12.5. The minimum absolute atomic E-state index is 0.00577. The summed E-state index contributed by atoms with van der Waals surface area (Å²) in [7, 11) is 0.217. The molecule has 0 amide bonds. The predicted octanol–water partition coefficient (Wildman–Crippen LogP) is 8.11. The molecule has 0 saturated heterocycles. The number of nitrogens with zero attached hydrogens (tertiary/aromatic N) is 1. The molecule has 0 radical (unpaired) electrons. The van der Waals surface area contributed by atoms with E-state index in [9.17, 15) is 14.3 Å². The fourth-order valence-corrected chi connectivity index (χ4v) is 5.43. The van der Waals surface area contributed by atoms with Gasteiger partial charge >= 0.3 is 13.6 Å². The molecule has 0 aromatic carbocycles. The van der Waals surface area contributed by atoms with Crippen molar-refractivity contribution < 1.29 is 23.5 Å². The van der Waals surface area contributed by atoms with Crippen molar-refractivity contribution in [1.29, 1.82) is 0 Å². The maximum atomic E-state index is 12.2. The molecule has 0 aliphatic rings. The number of carbonyl (C=O) groups excluding carboxylic acids is 1. The Bertz CT molecular complexity index is 529. The molecule has 2 atom stereocenters. The molecule has 0 fully saturated rings. The van der Waals surface area contributed by atoms with E-state index in [2.05, 4.69) is 6.92 Å². The van der Waals surface area contributed by atoms with Gasteiger partial charge in [0.2, 0.25) is 0 Å². The summed E-state index contributed by atoms with van der Waals surface area (Å²) >= 11 is 0. The quantitative estimate of drug-likeness (QED) is 0.0706. The molecule has 0 aromatic rings. The molecule has 0 aliphatic heterocycles. The van der Waals surface area contributed by atoms with Gasteiger partial charge in [0.1, 0.15) is 6.10 Å². The molecule has 2 unspecified atom stereocenters. The molecular weight excluding hydrogens is 461 g/mol. The lowest BCUT2D eigenvalue weighted by Gasteiger charge is -2.20. The number of hydrogen-bond acceptors (Lipinski definition) is 5. The lowest BCUT2D eigenvalue weighted by Crippen LogP contribution is -2.22. The highest BCUT2D eigenvalue weighted by Crippen LogP contribution is 2.42. The summed E-state index contributed by atoms with van der Waals surface area (Å²) in [6.07, 6.45) is 23.4. The van der Waals surface area contributed by atoms with Crippen LogP contribution in [0.3, 0.4) is 0 Å². The molecule has 210 valence electrons. The zero-order valence-corrected chi connectivity index (χ0v) is 24.5. The number of unbranched alkanes of at least 4 members (excludes halogenated alkanes) is 16. The fraction of sp³-hybridized carbons (Fsp3) is 0.964. The smallest absolute Gasteiger partial charge is 0.328 e. The summed E-state index contributed by atoms with van der Waals surface area (Å²) < 4.78 is 22.8. The monoisotopic (exact) mass is 519 g/mol. The molecule has 0 saturated carbocycles. The van der Waals surface area contributed by atoms with Crippen LogP contribution in [-0.4, -0.2) is 55.3 Å². The van der Waals surface area contributed by atoms with Gasteiger partial charge in [0.15, 0.2) is 0 Å². The number of hydrogen-bond donors (Lipinski definition) is 1. The van der Waals surface area contributed by atoms with Crippen LogP contribution in [0.2, 0.25) is 0 Å². The molecule has 6 nitrogen and oxygen atoms in total. The number of rotatable bonds is 26. The summed E-state index contributed by atoms with van der Waals surface area (Å²) in [5.41, 5.74) is 0. The fourth-order valence-electron chi connectivity index (χ4n) is 4.36. The van der Waals surface area contributed by atoms with E-state index in [0.717, 1.165) is 19.4 Å². The van der Waals surface area contributed by atoms with Crippen LogP contribution in [-0.2, 0) is 18.6 Å². The molecule has 0 bridgehead atoms. The topological polar surface area (TPSA) is 76.1 Å². The average Bonchev–Trinajstić information content (AvgIpc) is 2.78. The third kappa shape index (κ3) is 26.5. The zero-order valence-electron chi connectivity index (χ0n) is 23.6. The Labute approximate surface area is 217 Å². The van der Waals surface area contributed by atoms with Crippen molar-refractivity contribution in [3.05, 3.63) is 0 Å². The molecule has 0 heterocycles. The second kappa shape index (κ2) is 23.9. The summed E-state index contributed by atoms with van der Waals surface area (Å²) in [5.74, 6) is -0.369. The van der Waals surface area contributed by atoms with E-state index in [1.807, 2.05) is 19.0 Å². The molecular formula is C28H58NO5P. The summed E-state index contributed by atoms with van der Waals surface area (Å²) in [5, 5.41) is 0. The van der Waals surface area contributed by atoms with Crippen molar-refractivity contribution in [2.45, 2.75) is 142 Å². The van der Waals surface area contributed by atoms with Crippen molar-refractivity contribution in [3.63, 3.8) is 0 Å². The molecule has 7 heteroatoms. The van der Waals surface area contributed by atoms with Gasteiger partial charge in [-0.3, -0.25) is 9.36 Å². The van der Waals surface area contributed by atoms with E-state index >= 15 is 0 Å². The van der Waals surface area contributed by atoms with E-state index in [1.54, 1.807) is 0 Å². The van der Waals surface area contributed by atoms with Crippen molar-refractivity contribution in [1.82, 2.24) is 4.90 Å². The zero-order chi connectivity index (χ0) is 26.2. The summed E-state index contributed by atoms with van der Waals surface area (Å²) in [6, 6.07) is 0. The van der Waals surface area contributed by atoms with Crippen LogP contribution >= 0.6 is 7.60 Å². The van der Waals surface area contributed by atoms with Crippen LogP contribution in [0.4, 0.5) is 0 Å². The number of ether oxygens (including phenoxy) is 1. The Morgan fingerprint density at radius 1 is 0.771 bits per heavy atom. The summed E-state index contributed by atoms with van der Waals surface area (Å²) in [6.45, 7) is 4.38. The Hall–Kier alpha value is -0.420. The van der Waals surface area contributed by atoms with E-state index in [4.69, 9.17) is 9.26 Å². The second-order valence-electron chi connectivity index (χ2n) is 10.5. The maximum absolute atomic E-state index is 12.2. The Morgan fingerprint density at radius 3 is 1.60 bits per heavy atom. The van der Waals surface area contributed by atoms with Gasteiger partial charge in [-0.05, 0) is 39.9 Å². The highest BCUT2D eigenvalue weighted by molar-refractivity contribution is 7.52. The van der Waals surface area contributed by atoms with Gasteiger partial charge in [-0.15, -0.1) is 0 Å². The molecule has 35 heavy (non-hydrogen) atoms. The van der Waals surface area contributed by atoms with Crippen molar-refractivity contribution >= 4 is 13.6 Å². The Morgan fingerprint density at radius 2 is 1.20 bits per heavy atom. The van der Waals surface area contributed by atoms with Gasteiger partial charge in [-0.1, -0.05) is 110 Å². The standard InChI is InChI=1S/C28H58NO5P/c1-5-6-7-8-9-10-11-12-13-14-15-16-17-18-19-20-21-23-28(34-27(2)30)26-33-35(31,32)25-22-24-29(3)4/h28H,5-26H2,1-4H3,(H,31,32). The van der Waals surface area contributed by atoms with Crippen LogP contribution in [0, 0.1) is 0 Å². The van der Waals surface area contributed by atoms with Crippen LogP contribution in [0.25, 0.3) is 0 Å². The number of esters is 1. The van der Waals surface area contributed by atoms with Crippen LogP contribution < -0.4 is 0 Å². The Kier molecular flexibility index (Phi) is 23.7. The first-order valence-corrected chi connectivity index (χ1v) is 16.3. The van der Waals surface area contributed by atoms with Crippen LogP contribution in [0.15, 0.2) is 0 Å². The van der Waals surface area contributed by atoms with Gasteiger partial charge in [0.25, 0.3) is 0 Å². The predicted molar refractivity (Wildman–Crippen MR) is 148 cm³/mol. The van der Waals surface area contributed by atoms with Gasteiger partial charge in [0.05, 0.1) is 12.8 Å². The van der Waals surface area contributed by atoms with Crippen molar-refractivity contribution in [2.24, 2.45) is 0 Å². The van der Waals surface area contributed by atoms with E-state index in [1.165, 1.54) is 103 Å². The molecule has 0 rings (SSSR count). The van der Waals surface area contributed by atoms with Crippen molar-refractivity contribution in [3.8, 4) is 0 Å². The van der Waals surface area contributed by atoms with Crippen molar-refractivity contribution in [2.75, 3.05) is 33.4 Å². The molecule has 0 aromatic heterocycles. The van der Waals surface area contributed by atoms with E-state index < -0.39 is 13.7 Å².